The third-order valence-corrected chi connectivity index (χ3v) is 4.15. The van der Waals surface area contributed by atoms with Crippen LogP contribution in [0.25, 0.3) is 0 Å². The predicted molar refractivity (Wildman–Crippen MR) is 66.2 cm³/mol. The van der Waals surface area contributed by atoms with Crippen LogP contribution in [0.5, 0.6) is 0 Å². The van der Waals surface area contributed by atoms with Gasteiger partial charge in [0.2, 0.25) is 0 Å². The number of nitriles is 1. The highest BCUT2D eigenvalue weighted by molar-refractivity contribution is 9.08. The SMILES string of the molecule is CCc1c(C#N)cc(S(=O)(=O)Cl)cc1CBr. The predicted octanol–water partition coefficient (Wildman–Crippen LogP) is 2.94. The number of hydrogen-bond acceptors (Lipinski definition) is 3. The van der Waals surface area contributed by atoms with E-state index in [0.29, 0.717) is 17.3 Å². The van der Waals surface area contributed by atoms with Crippen LogP contribution < -0.4 is 0 Å². The van der Waals surface area contributed by atoms with Crippen molar-refractivity contribution < 1.29 is 8.42 Å². The molecule has 0 aliphatic carbocycles. The molecule has 0 saturated carbocycles. The second-order valence-corrected chi connectivity index (χ2v) is 6.27. The summed E-state index contributed by atoms with van der Waals surface area (Å²) in [5.41, 5.74) is 1.99. The Balaban J connectivity index is 3.58. The van der Waals surface area contributed by atoms with Crippen molar-refractivity contribution in [2.75, 3.05) is 0 Å². The van der Waals surface area contributed by atoms with Gasteiger partial charge in [-0.25, -0.2) is 8.42 Å². The van der Waals surface area contributed by atoms with Gasteiger partial charge in [0.15, 0.2) is 0 Å². The molecule has 0 aliphatic heterocycles. The molecule has 0 spiro atoms. The molecular formula is C10H9BrClNO2S. The molecule has 1 rings (SSSR count). The molecule has 0 amide bonds. The van der Waals surface area contributed by atoms with Crippen LogP contribution in [0.4, 0.5) is 0 Å². The van der Waals surface area contributed by atoms with Crippen LogP contribution >= 0.6 is 26.6 Å². The van der Waals surface area contributed by atoms with E-state index in [1.807, 2.05) is 13.0 Å². The fourth-order valence-electron chi connectivity index (χ4n) is 1.48. The van der Waals surface area contributed by atoms with Crippen LogP contribution in [0.2, 0.25) is 0 Å². The normalized spacial score (nSPS) is 11.1. The molecule has 0 atom stereocenters. The first-order chi connectivity index (χ1) is 7.43. The van der Waals surface area contributed by atoms with Gasteiger partial charge in [-0.1, -0.05) is 22.9 Å². The molecule has 0 unspecified atom stereocenters. The van der Waals surface area contributed by atoms with E-state index in [-0.39, 0.29) is 4.90 Å². The molecule has 6 heteroatoms. The molecule has 1 aromatic carbocycles. The summed E-state index contributed by atoms with van der Waals surface area (Å²) in [6.45, 7) is 1.91. The van der Waals surface area contributed by atoms with E-state index in [0.717, 1.165) is 11.1 Å². The minimum atomic E-state index is -3.79. The molecule has 1 aromatic rings. The summed E-state index contributed by atoms with van der Waals surface area (Å²) < 4.78 is 22.4. The van der Waals surface area contributed by atoms with Gasteiger partial charge >= 0.3 is 0 Å². The summed E-state index contributed by atoms with van der Waals surface area (Å²) >= 11 is 3.27. The van der Waals surface area contributed by atoms with Crippen LogP contribution in [0.15, 0.2) is 17.0 Å². The lowest BCUT2D eigenvalue weighted by molar-refractivity contribution is 0.609. The number of rotatable bonds is 3. The van der Waals surface area contributed by atoms with Gasteiger partial charge in [-0.2, -0.15) is 5.26 Å². The highest BCUT2D eigenvalue weighted by Gasteiger charge is 2.16. The third-order valence-electron chi connectivity index (χ3n) is 2.22. The lowest BCUT2D eigenvalue weighted by Gasteiger charge is -2.09. The summed E-state index contributed by atoms with van der Waals surface area (Å²) in [4.78, 5) is -0.0302. The monoisotopic (exact) mass is 321 g/mol. The molecular weight excluding hydrogens is 314 g/mol. The average molecular weight is 323 g/mol. The smallest absolute Gasteiger partial charge is 0.207 e. The molecule has 0 radical (unpaired) electrons. The van der Waals surface area contributed by atoms with Gasteiger partial charge in [0.25, 0.3) is 9.05 Å². The largest absolute Gasteiger partial charge is 0.261 e. The van der Waals surface area contributed by atoms with Gasteiger partial charge in [0, 0.05) is 16.0 Å². The van der Waals surface area contributed by atoms with E-state index < -0.39 is 9.05 Å². The summed E-state index contributed by atoms with van der Waals surface area (Å²) in [6, 6.07) is 4.80. The summed E-state index contributed by atoms with van der Waals surface area (Å²) in [6.07, 6.45) is 0.673. The average Bonchev–Trinajstić information content (AvgIpc) is 2.25. The fraction of sp³-hybridized carbons (Fsp3) is 0.300. The van der Waals surface area contributed by atoms with E-state index in [2.05, 4.69) is 15.9 Å². The first-order valence-electron chi connectivity index (χ1n) is 4.50. The number of hydrogen-bond donors (Lipinski definition) is 0. The van der Waals surface area contributed by atoms with E-state index in [9.17, 15) is 8.42 Å². The molecule has 0 heterocycles. The van der Waals surface area contributed by atoms with Crippen LogP contribution in [0, 0.1) is 11.3 Å². The number of halogens is 2. The van der Waals surface area contributed by atoms with Crippen molar-refractivity contribution in [2.45, 2.75) is 23.6 Å². The first-order valence-corrected chi connectivity index (χ1v) is 7.93. The maximum absolute atomic E-state index is 11.2. The summed E-state index contributed by atoms with van der Waals surface area (Å²) in [5.74, 6) is 0. The standard InChI is InChI=1S/C10H9BrClNO2S/c1-2-10-7(5-11)3-9(16(12,14)15)4-8(10)6-13/h3-4H,2,5H2,1H3. The van der Waals surface area contributed by atoms with Gasteiger partial charge in [-0.05, 0) is 29.7 Å². The summed E-state index contributed by atoms with van der Waals surface area (Å²) in [7, 11) is 1.47. The van der Waals surface area contributed by atoms with Crippen LogP contribution in [-0.2, 0) is 20.8 Å². The van der Waals surface area contributed by atoms with Crippen molar-refractivity contribution >= 4 is 35.7 Å². The second-order valence-electron chi connectivity index (χ2n) is 3.15. The Hall–Kier alpha value is -0.570. The molecule has 0 aromatic heterocycles. The molecule has 3 nitrogen and oxygen atoms in total. The highest BCUT2D eigenvalue weighted by atomic mass is 79.9. The van der Waals surface area contributed by atoms with Crippen molar-refractivity contribution in [1.82, 2.24) is 0 Å². The van der Waals surface area contributed by atoms with Gasteiger partial charge < -0.3 is 0 Å². The minimum Gasteiger partial charge on any atom is -0.207 e. The fourth-order valence-corrected chi connectivity index (χ4v) is 2.79. The molecule has 0 N–H and O–H groups in total. The van der Waals surface area contributed by atoms with E-state index in [1.54, 1.807) is 0 Å². The van der Waals surface area contributed by atoms with Crippen LogP contribution in [0.3, 0.4) is 0 Å². The molecule has 0 bridgehead atoms. The maximum Gasteiger partial charge on any atom is 0.261 e. The molecule has 86 valence electrons. The lowest BCUT2D eigenvalue weighted by Crippen LogP contribution is -2.00. The lowest BCUT2D eigenvalue weighted by atomic mass is 10.0. The molecule has 0 saturated heterocycles. The third kappa shape index (κ3) is 2.76. The minimum absolute atomic E-state index is 0.0302. The van der Waals surface area contributed by atoms with E-state index in [1.165, 1.54) is 12.1 Å². The van der Waals surface area contributed by atoms with E-state index >= 15 is 0 Å². The van der Waals surface area contributed by atoms with Crippen molar-refractivity contribution in [3.63, 3.8) is 0 Å². The highest BCUT2D eigenvalue weighted by Crippen LogP contribution is 2.25. The van der Waals surface area contributed by atoms with Crippen molar-refractivity contribution in [1.29, 1.82) is 5.26 Å². The zero-order valence-electron chi connectivity index (χ0n) is 8.50. The van der Waals surface area contributed by atoms with Crippen molar-refractivity contribution in [3.8, 4) is 6.07 Å². The second kappa shape index (κ2) is 5.17. The molecule has 16 heavy (non-hydrogen) atoms. The number of alkyl halides is 1. The zero-order chi connectivity index (χ0) is 12.3. The summed E-state index contributed by atoms with van der Waals surface area (Å²) in [5, 5.41) is 9.45. The Morgan fingerprint density at radius 1 is 1.50 bits per heavy atom. The van der Waals surface area contributed by atoms with Crippen molar-refractivity contribution in [3.05, 3.63) is 28.8 Å². The van der Waals surface area contributed by atoms with Crippen LogP contribution in [0.1, 0.15) is 23.6 Å². The Bertz CT molecular complexity index is 549. The quantitative estimate of drug-likeness (QED) is 0.635. The topological polar surface area (TPSA) is 57.9 Å². The van der Waals surface area contributed by atoms with Gasteiger partial charge in [0.05, 0.1) is 16.5 Å². The van der Waals surface area contributed by atoms with E-state index in [4.69, 9.17) is 15.9 Å². The first kappa shape index (κ1) is 13.5. The van der Waals surface area contributed by atoms with Gasteiger partial charge in [-0.3, -0.25) is 0 Å². The van der Waals surface area contributed by atoms with Crippen molar-refractivity contribution in [2.24, 2.45) is 0 Å². The molecule has 0 aliphatic rings. The Labute approximate surface area is 108 Å². The maximum atomic E-state index is 11.2. The van der Waals surface area contributed by atoms with Gasteiger partial charge in [-0.15, -0.1) is 0 Å². The Morgan fingerprint density at radius 3 is 2.50 bits per heavy atom. The van der Waals surface area contributed by atoms with Crippen LogP contribution in [-0.4, -0.2) is 8.42 Å². The van der Waals surface area contributed by atoms with Gasteiger partial charge in [0.1, 0.15) is 0 Å². The number of benzene rings is 1. The number of nitrogens with zero attached hydrogens (tertiary/aromatic N) is 1. The Morgan fingerprint density at radius 2 is 2.12 bits per heavy atom. The molecule has 0 fully saturated rings. The zero-order valence-corrected chi connectivity index (χ0v) is 11.7. The Kier molecular flexibility index (Phi) is 4.36.